The average Bonchev–Trinajstić information content (AvgIpc) is 3.27. The Morgan fingerprint density at radius 2 is 1.89 bits per heavy atom. The number of sulfone groups is 1. The van der Waals surface area contributed by atoms with Crippen molar-refractivity contribution in [2.75, 3.05) is 16.9 Å². The molecule has 0 unspecified atom stereocenters. The van der Waals surface area contributed by atoms with E-state index in [0.29, 0.717) is 14.9 Å². The molecule has 12 heteroatoms. The first kappa shape index (κ1) is 29.9. The third-order valence-corrected chi connectivity index (χ3v) is 9.71. The zero-order valence-corrected chi connectivity index (χ0v) is 25.5. The molecule has 2 aromatic carbocycles. The van der Waals surface area contributed by atoms with Crippen LogP contribution in [-0.4, -0.2) is 43.9 Å². The molecule has 3 aromatic rings. The molecule has 3 rings (SSSR count). The van der Waals surface area contributed by atoms with Gasteiger partial charge in [-0.2, -0.15) is 0 Å². The number of aliphatic imine (C=N–C) groups is 1. The van der Waals surface area contributed by atoms with Crippen LogP contribution in [0, 0.1) is 6.92 Å². The Morgan fingerprint density at radius 3 is 2.53 bits per heavy atom. The van der Waals surface area contributed by atoms with E-state index >= 15 is 0 Å². The molecule has 0 fully saturated rings. The quantitative estimate of drug-likeness (QED) is 0.122. The minimum atomic E-state index is -3.86. The number of ether oxygens (including phenoxy) is 1. The van der Waals surface area contributed by atoms with Gasteiger partial charge in [-0.05, 0) is 81.0 Å². The molecule has 0 saturated heterocycles. The maximum Gasteiger partial charge on any atom is 0.412 e. The van der Waals surface area contributed by atoms with Gasteiger partial charge in [0.2, 0.25) is 15.7 Å². The Labute approximate surface area is 239 Å². The fraction of sp³-hybridized carbons (Fsp3) is 0.269. The van der Waals surface area contributed by atoms with Crippen molar-refractivity contribution < 1.29 is 22.7 Å². The van der Waals surface area contributed by atoms with Crippen LogP contribution in [0.4, 0.5) is 15.5 Å². The Hall–Kier alpha value is -2.67. The van der Waals surface area contributed by atoms with Gasteiger partial charge < -0.3 is 10.1 Å². The van der Waals surface area contributed by atoms with Gasteiger partial charge in [0, 0.05) is 5.69 Å². The lowest BCUT2D eigenvalue weighted by Crippen LogP contribution is -2.31. The predicted molar refractivity (Wildman–Crippen MR) is 158 cm³/mol. The van der Waals surface area contributed by atoms with Crippen molar-refractivity contribution in [3.63, 3.8) is 0 Å². The van der Waals surface area contributed by atoms with Crippen molar-refractivity contribution >= 4 is 77.9 Å². The molecule has 8 nitrogen and oxygen atoms in total. The fourth-order valence-corrected chi connectivity index (χ4v) is 7.42. The van der Waals surface area contributed by atoms with Crippen LogP contribution in [0.2, 0.25) is 0 Å². The number of thiophene rings is 1. The Bertz CT molecular complexity index is 1480. The summed E-state index contributed by atoms with van der Waals surface area (Å²) in [6, 6.07) is 13.7. The first-order chi connectivity index (χ1) is 17.8. The summed E-state index contributed by atoms with van der Waals surface area (Å²) in [5.74, 6) is -0.157. The van der Waals surface area contributed by atoms with Crippen LogP contribution < -0.4 is 10.6 Å². The van der Waals surface area contributed by atoms with Crippen molar-refractivity contribution in [2.24, 2.45) is 4.99 Å². The van der Waals surface area contributed by atoms with E-state index in [-0.39, 0.29) is 21.0 Å². The van der Waals surface area contributed by atoms with Crippen molar-refractivity contribution in [3.05, 3.63) is 54.1 Å². The number of anilines is 1. The highest BCUT2D eigenvalue weighted by atomic mass is 79.9. The van der Waals surface area contributed by atoms with E-state index in [9.17, 15) is 18.0 Å². The molecule has 1 heterocycles. The number of benzene rings is 2. The van der Waals surface area contributed by atoms with Crippen molar-refractivity contribution in [1.82, 2.24) is 5.32 Å². The number of thioether (sulfide) groups is 1. The van der Waals surface area contributed by atoms with Gasteiger partial charge in [-0.3, -0.25) is 10.1 Å². The Morgan fingerprint density at radius 1 is 1.16 bits per heavy atom. The Balaban J connectivity index is 1.88. The lowest BCUT2D eigenvalue weighted by Gasteiger charge is -2.18. The SMILES string of the molecule is CSc1sc(/N=C/NC(=O)OC(C)(C)C)cc1S(=O)(=O)c1cccc(-c2ccc(NC(=O)CBr)cc2C)c1. The van der Waals surface area contributed by atoms with E-state index in [0.717, 1.165) is 16.7 Å². The van der Waals surface area contributed by atoms with Crippen molar-refractivity contribution in [3.8, 4) is 11.1 Å². The lowest BCUT2D eigenvalue weighted by atomic mass is 10.00. The van der Waals surface area contributed by atoms with E-state index < -0.39 is 21.5 Å². The molecule has 0 aliphatic carbocycles. The molecule has 0 atom stereocenters. The highest BCUT2D eigenvalue weighted by Gasteiger charge is 2.25. The zero-order chi connectivity index (χ0) is 28.1. The van der Waals surface area contributed by atoms with Crippen molar-refractivity contribution in [1.29, 1.82) is 0 Å². The van der Waals surface area contributed by atoms with Crippen LogP contribution in [0.25, 0.3) is 11.1 Å². The number of nitrogens with zero attached hydrogens (tertiary/aromatic N) is 1. The number of hydrogen-bond donors (Lipinski definition) is 2. The lowest BCUT2D eigenvalue weighted by molar-refractivity contribution is -0.113. The number of amides is 2. The number of rotatable bonds is 8. The molecule has 2 N–H and O–H groups in total. The van der Waals surface area contributed by atoms with Crippen LogP contribution in [-0.2, 0) is 19.4 Å². The van der Waals surface area contributed by atoms with Gasteiger partial charge in [0.25, 0.3) is 0 Å². The van der Waals surface area contributed by atoms with Gasteiger partial charge in [-0.1, -0.05) is 34.1 Å². The summed E-state index contributed by atoms with van der Waals surface area (Å²) < 4.78 is 33.0. The molecule has 0 aliphatic rings. The van der Waals surface area contributed by atoms with Gasteiger partial charge in [-0.25, -0.2) is 18.2 Å². The summed E-state index contributed by atoms with van der Waals surface area (Å²) >= 11 is 5.65. The minimum absolute atomic E-state index is 0.154. The number of alkyl halides is 1. The highest BCUT2D eigenvalue weighted by molar-refractivity contribution is 9.09. The van der Waals surface area contributed by atoms with E-state index in [1.807, 2.05) is 25.1 Å². The van der Waals surface area contributed by atoms with Crippen LogP contribution in [0.3, 0.4) is 0 Å². The molecule has 0 spiro atoms. The smallest absolute Gasteiger partial charge is 0.412 e. The number of halogens is 1. The predicted octanol–water partition coefficient (Wildman–Crippen LogP) is 6.80. The van der Waals surface area contributed by atoms with Gasteiger partial charge in [0.05, 0.1) is 25.7 Å². The second-order valence-corrected chi connectivity index (χ2v) is 13.7. The summed E-state index contributed by atoms with van der Waals surface area (Å²) in [7, 11) is -3.86. The summed E-state index contributed by atoms with van der Waals surface area (Å²) in [5.41, 5.74) is 2.50. The van der Waals surface area contributed by atoms with Crippen LogP contribution in [0.1, 0.15) is 26.3 Å². The molecule has 0 aliphatic heterocycles. The van der Waals surface area contributed by atoms with Crippen LogP contribution in [0.15, 0.2) is 67.5 Å². The van der Waals surface area contributed by atoms with E-state index in [2.05, 4.69) is 31.6 Å². The molecule has 0 bridgehead atoms. The molecule has 1 aromatic heterocycles. The topological polar surface area (TPSA) is 114 Å². The number of carbonyl (C=O) groups excluding carboxylic acids is 2. The minimum Gasteiger partial charge on any atom is -0.444 e. The summed E-state index contributed by atoms with van der Waals surface area (Å²) in [5, 5.41) is 5.84. The monoisotopic (exact) mass is 637 g/mol. The van der Waals surface area contributed by atoms with Gasteiger partial charge in [-0.15, -0.1) is 23.1 Å². The molecule has 202 valence electrons. The summed E-state index contributed by atoms with van der Waals surface area (Å²) in [4.78, 5) is 28.0. The molecular formula is C26H28BrN3O5S3. The largest absolute Gasteiger partial charge is 0.444 e. The highest BCUT2D eigenvalue weighted by Crippen LogP contribution is 2.41. The third kappa shape index (κ3) is 7.68. The molecule has 2 amide bonds. The Kier molecular flexibility index (Phi) is 9.80. The number of nitrogens with one attached hydrogen (secondary N) is 2. The molecule has 0 radical (unpaired) electrons. The van der Waals surface area contributed by atoms with Crippen LogP contribution >= 0.6 is 39.0 Å². The van der Waals surface area contributed by atoms with Gasteiger partial charge >= 0.3 is 6.09 Å². The van der Waals surface area contributed by atoms with E-state index in [1.54, 1.807) is 51.3 Å². The van der Waals surface area contributed by atoms with E-state index in [1.165, 1.54) is 35.5 Å². The first-order valence-electron chi connectivity index (χ1n) is 11.4. The number of hydrogen-bond acceptors (Lipinski definition) is 8. The number of aryl methyl sites for hydroxylation is 1. The summed E-state index contributed by atoms with van der Waals surface area (Å²) in [6.07, 6.45) is 2.34. The third-order valence-electron chi connectivity index (χ3n) is 4.99. The molecule has 38 heavy (non-hydrogen) atoms. The average molecular weight is 639 g/mol. The zero-order valence-electron chi connectivity index (χ0n) is 21.5. The van der Waals surface area contributed by atoms with E-state index in [4.69, 9.17) is 4.74 Å². The normalized spacial score (nSPS) is 11.9. The van der Waals surface area contributed by atoms with Crippen LogP contribution in [0.5, 0.6) is 0 Å². The number of carbonyl (C=O) groups is 2. The fourth-order valence-electron chi connectivity index (χ4n) is 3.41. The second kappa shape index (κ2) is 12.5. The first-order valence-corrected chi connectivity index (χ1v) is 16.0. The second-order valence-electron chi connectivity index (χ2n) is 9.09. The van der Waals surface area contributed by atoms with Crippen molar-refractivity contribution in [2.45, 2.75) is 47.3 Å². The standard InChI is InChI=1S/C26H28BrN3O5S3/c1-16-11-18(30-22(31)14-27)9-10-20(16)17-7-6-8-19(12-17)38(33,34)21-13-23(37-24(21)36-5)28-15-29-25(32)35-26(2,3)4/h6-13,15H,14H2,1-5H3,(H,30,31)(H,28,29,32). The van der Waals surface area contributed by atoms with Gasteiger partial charge in [0.15, 0.2) is 0 Å². The molecular weight excluding hydrogens is 610 g/mol. The molecule has 0 saturated carbocycles. The van der Waals surface area contributed by atoms with Gasteiger partial charge in [0.1, 0.15) is 10.6 Å². The summed E-state index contributed by atoms with van der Waals surface area (Å²) in [6.45, 7) is 7.16. The number of alkyl carbamates (subject to hydrolysis) is 1. The maximum atomic E-state index is 13.6. The maximum absolute atomic E-state index is 13.6.